The molecule has 2 N–H and O–H groups in total. The van der Waals surface area contributed by atoms with Gasteiger partial charge in [-0.05, 0) is 42.3 Å². The van der Waals surface area contributed by atoms with Crippen LogP contribution in [0.1, 0.15) is 46.9 Å². The molecule has 0 unspecified atom stereocenters. The van der Waals surface area contributed by atoms with Crippen molar-refractivity contribution in [3.8, 4) is 11.5 Å². The minimum Gasteiger partial charge on any atom is -0.478 e. The molecule has 0 bridgehead atoms. The van der Waals surface area contributed by atoms with E-state index in [2.05, 4.69) is 6.92 Å². The summed E-state index contributed by atoms with van der Waals surface area (Å²) in [6, 6.07) is 8.43. The molecule has 3 rings (SSSR count). The van der Waals surface area contributed by atoms with Gasteiger partial charge in [0, 0.05) is 12.8 Å². The molecule has 148 valence electrons. The molecule has 28 heavy (non-hydrogen) atoms. The van der Waals surface area contributed by atoms with Crippen LogP contribution in [0.3, 0.4) is 0 Å². The molecule has 2 aromatic rings. The van der Waals surface area contributed by atoms with Crippen molar-refractivity contribution >= 4 is 35.1 Å². The minimum absolute atomic E-state index is 0.0552. The maximum absolute atomic E-state index is 11.1. The summed E-state index contributed by atoms with van der Waals surface area (Å²) >= 11 is 12.4. The first kappa shape index (κ1) is 20.3. The zero-order valence-electron chi connectivity index (χ0n) is 14.9. The number of hydrogen-bond donors (Lipinski definition) is 2. The number of carboxylic acid groups (broad SMARTS) is 2. The fraction of sp³-hybridized carbons (Fsp3) is 0.300. The van der Waals surface area contributed by atoms with Crippen molar-refractivity contribution in [2.75, 3.05) is 0 Å². The van der Waals surface area contributed by atoms with Crippen molar-refractivity contribution in [2.45, 2.75) is 32.0 Å². The van der Waals surface area contributed by atoms with E-state index in [0.717, 1.165) is 6.42 Å². The molecule has 0 amide bonds. The molecule has 1 fully saturated rings. The van der Waals surface area contributed by atoms with E-state index in [4.69, 9.17) is 42.9 Å². The molecule has 0 heterocycles. The molecule has 0 spiro atoms. The second kappa shape index (κ2) is 7.89. The summed E-state index contributed by atoms with van der Waals surface area (Å²) in [5.41, 5.74) is 0.110. The summed E-state index contributed by atoms with van der Waals surface area (Å²) in [4.78, 5) is 22.1. The van der Waals surface area contributed by atoms with Crippen LogP contribution in [0.25, 0.3) is 0 Å². The summed E-state index contributed by atoms with van der Waals surface area (Å²) in [7, 11) is 0. The number of rotatable bonds is 7. The Balaban J connectivity index is 1.86. The van der Waals surface area contributed by atoms with E-state index in [0.29, 0.717) is 30.3 Å². The summed E-state index contributed by atoms with van der Waals surface area (Å²) in [5.74, 6) is -2.17. The third kappa shape index (κ3) is 4.18. The van der Waals surface area contributed by atoms with Crippen molar-refractivity contribution in [1.29, 1.82) is 0 Å². The molecule has 0 radical (unpaired) electrons. The fourth-order valence-corrected chi connectivity index (χ4v) is 3.57. The smallest absolute Gasteiger partial charge is 0.335 e. The summed E-state index contributed by atoms with van der Waals surface area (Å²) in [6.45, 7) is 2.07. The fourth-order valence-electron chi connectivity index (χ4n) is 3.13. The molecular formula is C20H18Cl2O6. The van der Waals surface area contributed by atoms with Gasteiger partial charge in [-0.15, -0.1) is 0 Å². The van der Waals surface area contributed by atoms with Gasteiger partial charge in [-0.1, -0.05) is 36.5 Å². The van der Waals surface area contributed by atoms with Gasteiger partial charge in [0.05, 0.1) is 21.2 Å². The molecule has 1 aliphatic carbocycles. The molecule has 0 aromatic heterocycles. The van der Waals surface area contributed by atoms with Gasteiger partial charge in [-0.3, -0.25) is 0 Å². The average Bonchev–Trinajstić information content (AvgIpc) is 2.61. The van der Waals surface area contributed by atoms with Crippen LogP contribution in [0.4, 0.5) is 0 Å². The van der Waals surface area contributed by atoms with Crippen LogP contribution in [0, 0.1) is 5.92 Å². The molecule has 2 aromatic carbocycles. The number of carboxylic acids is 2. The topological polar surface area (TPSA) is 93.1 Å². The number of hydrogen-bond acceptors (Lipinski definition) is 4. The van der Waals surface area contributed by atoms with Crippen LogP contribution in [-0.2, 0) is 0 Å². The predicted molar refractivity (Wildman–Crippen MR) is 104 cm³/mol. The number of halogens is 2. The average molecular weight is 425 g/mol. The van der Waals surface area contributed by atoms with Gasteiger partial charge in [0.2, 0.25) is 0 Å². The zero-order valence-corrected chi connectivity index (χ0v) is 16.5. The molecule has 1 aliphatic rings. The van der Waals surface area contributed by atoms with Gasteiger partial charge in [0.15, 0.2) is 0 Å². The zero-order chi connectivity index (χ0) is 20.5. The van der Waals surface area contributed by atoms with Gasteiger partial charge in [0.25, 0.3) is 5.79 Å². The molecule has 6 nitrogen and oxygen atoms in total. The maximum atomic E-state index is 11.1. The highest BCUT2D eigenvalue weighted by atomic mass is 35.5. The van der Waals surface area contributed by atoms with Crippen LogP contribution < -0.4 is 9.47 Å². The first-order chi connectivity index (χ1) is 13.2. The minimum atomic E-state index is -1.08. The molecule has 1 saturated carbocycles. The molecule has 0 atom stereocenters. The van der Waals surface area contributed by atoms with E-state index >= 15 is 0 Å². The van der Waals surface area contributed by atoms with Crippen LogP contribution in [0.2, 0.25) is 10.0 Å². The van der Waals surface area contributed by atoms with Crippen molar-refractivity contribution in [3.63, 3.8) is 0 Å². The first-order valence-electron chi connectivity index (χ1n) is 8.66. The van der Waals surface area contributed by atoms with E-state index in [-0.39, 0.29) is 21.2 Å². The second-order valence-corrected chi connectivity index (χ2v) is 7.51. The van der Waals surface area contributed by atoms with Gasteiger partial charge < -0.3 is 19.7 Å². The number of carbonyl (C=O) groups is 2. The Bertz CT molecular complexity index is 853. The van der Waals surface area contributed by atoms with Crippen molar-refractivity contribution in [3.05, 3.63) is 57.6 Å². The van der Waals surface area contributed by atoms with Gasteiger partial charge in [0.1, 0.15) is 11.5 Å². The maximum Gasteiger partial charge on any atom is 0.335 e. The molecule has 8 heteroatoms. The SMILES string of the molecule is CCC1CC(Oc2ccc(C(=O)O)cc2Cl)(Oc2ccc(C(=O)O)cc2Cl)C1. The highest BCUT2D eigenvalue weighted by molar-refractivity contribution is 6.32. The lowest BCUT2D eigenvalue weighted by molar-refractivity contribution is -0.195. The van der Waals surface area contributed by atoms with Crippen molar-refractivity contribution < 1.29 is 29.3 Å². The van der Waals surface area contributed by atoms with E-state index < -0.39 is 17.7 Å². The van der Waals surface area contributed by atoms with Gasteiger partial charge in [-0.25, -0.2) is 9.59 Å². The second-order valence-electron chi connectivity index (χ2n) is 6.70. The van der Waals surface area contributed by atoms with Crippen molar-refractivity contribution in [2.24, 2.45) is 5.92 Å². The van der Waals surface area contributed by atoms with Gasteiger partial charge >= 0.3 is 11.9 Å². The lowest BCUT2D eigenvalue weighted by atomic mass is 9.77. The molecular weight excluding hydrogens is 407 g/mol. The van der Waals surface area contributed by atoms with E-state index in [1.54, 1.807) is 0 Å². The highest BCUT2D eigenvalue weighted by Crippen LogP contribution is 2.46. The number of aromatic carboxylic acids is 2. The number of benzene rings is 2. The lowest BCUT2D eigenvalue weighted by Gasteiger charge is -2.46. The third-order valence-electron chi connectivity index (χ3n) is 4.73. The largest absolute Gasteiger partial charge is 0.478 e. The highest BCUT2D eigenvalue weighted by Gasteiger charge is 2.49. The van der Waals surface area contributed by atoms with E-state index in [1.165, 1.54) is 36.4 Å². The summed E-state index contributed by atoms with van der Waals surface area (Å²) < 4.78 is 12.1. The predicted octanol–water partition coefficient (Wildman–Crippen LogP) is 5.36. The molecule has 0 aliphatic heterocycles. The summed E-state index contributed by atoms with van der Waals surface area (Å²) in [5, 5.41) is 18.5. The van der Waals surface area contributed by atoms with E-state index in [1.807, 2.05) is 0 Å². The van der Waals surface area contributed by atoms with Crippen LogP contribution in [0.5, 0.6) is 11.5 Å². The Morgan fingerprint density at radius 2 is 1.39 bits per heavy atom. The molecule has 0 saturated heterocycles. The first-order valence-corrected chi connectivity index (χ1v) is 9.42. The van der Waals surface area contributed by atoms with Gasteiger partial charge in [-0.2, -0.15) is 0 Å². The van der Waals surface area contributed by atoms with Crippen molar-refractivity contribution in [1.82, 2.24) is 0 Å². The quantitative estimate of drug-likeness (QED) is 0.580. The number of ether oxygens (including phenoxy) is 2. The monoisotopic (exact) mass is 424 g/mol. The van der Waals surface area contributed by atoms with Crippen LogP contribution in [-0.4, -0.2) is 27.9 Å². The normalized spacial score (nSPS) is 15.5. The Hall–Kier alpha value is -2.44. The Kier molecular flexibility index (Phi) is 5.72. The van der Waals surface area contributed by atoms with E-state index in [9.17, 15) is 9.59 Å². The van der Waals surface area contributed by atoms with Crippen LogP contribution >= 0.6 is 23.2 Å². The standard InChI is InChI=1S/C20H18Cl2O6/c1-2-11-9-20(10-11,27-16-5-3-12(18(23)24)7-14(16)21)28-17-6-4-13(19(25)26)8-15(17)22/h3-8,11H,2,9-10H2,1H3,(H,23,24)(H,25,26). The summed E-state index contributed by atoms with van der Waals surface area (Å²) in [6.07, 6.45) is 2.14. The van der Waals surface area contributed by atoms with Crippen LogP contribution in [0.15, 0.2) is 36.4 Å². The lowest BCUT2D eigenvalue weighted by Crippen LogP contribution is -2.53. The Labute approximate surface area is 171 Å². The third-order valence-corrected chi connectivity index (χ3v) is 5.32. The Morgan fingerprint density at radius 1 is 0.964 bits per heavy atom. The Morgan fingerprint density at radius 3 is 1.71 bits per heavy atom.